The number of hydrogen-bond donors (Lipinski definition) is 1. The molecule has 5 nitrogen and oxygen atoms in total. The zero-order valence-corrected chi connectivity index (χ0v) is 16.2. The maximum atomic E-state index is 13.1. The first kappa shape index (κ1) is 20.0. The van der Waals surface area contributed by atoms with Crippen LogP contribution in [0.5, 0.6) is 0 Å². The molecule has 154 valence electrons. The largest absolute Gasteiger partial charge is 0.416 e. The minimum Gasteiger partial charge on any atom is -0.325 e. The van der Waals surface area contributed by atoms with Crippen LogP contribution in [-0.4, -0.2) is 20.9 Å². The highest BCUT2D eigenvalue weighted by atomic mass is 32.2. The Balaban J connectivity index is 1.66. The first-order valence-corrected chi connectivity index (χ1v) is 10.3. The highest BCUT2D eigenvalue weighted by molar-refractivity contribution is 7.93. The van der Waals surface area contributed by atoms with Gasteiger partial charge in [-0.3, -0.25) is 9.10 Å². The molecule has 1 aliphatic heterocycles. The molecule has 0 aromatic heterocycles. The number of benzene rings is 3. The minimum atomic E-state index is -4.56. The van der Waals surface area contributed by atoms with Gasteiger partial charge in [-0.25, -0.2) is 8.42 Å². The van der Waals surface area contributed by atoms with Gasteiger partial charge in [0.2, 0.25) is 5.91 Å². The van der Waals surface area contributed by atoms with Gasteiger partial charge in [-0.15, -0.1) is 0 Å². The summed E-state index contributed by atoms with van der Waals surface area (Å²) < 4.78 is 65.9. The Hall–Kier alpha value is -3.33. The van der Waals surface area contributed by atoms with E-state index in [1.807, 2.05) is 0 Å². The second-order valence-corrected chi connectivity index (χ2v) is 8.48. The van der Waals surface area contributed by atoms with Gasteiger partial charge < -0.3 is 5.32 Å². The Labute approximate surface area is 170 Å². The van der Waals surface area contributed by atoms with Gasteiger partial charge in [-0.2, -0.15) is 13.2 Å². The van der Waals surface area contributed by atoms with Crippen LogP contribution in [0, 0.1) is 0 Å². The van der Waals surface area contributed by atoms with E-state index in [2.05, 4.69) is 5.32 Å². The van der Waals surface area contributed by atoms with Gasteiger partial charge in [0.15, 0.2) is 0 Å². The fraction of sp³-hybridized carbons (Fsp3) is 0.0952. The van der Waals surface area contributed by atoms with Crippen LogP contribution in [0.2, 0.25) is 0 Å². The quantitative estimate of drug-likeness (QED) is 0.662. The summed E-state index contributed by atoms with van der Waals surface area (Å²) in [6, 6.07) is 17.4. The molecule has 0 saturated carbocycles. The van der Waals surface area contributed by atoms with E-state index in [-0.39, 0.29) is 10.6 Å². The highest BCUT2D eigenvalue weighted by Gasteiger charge is 2.36. The molecule has 1 heterocycles. The lowest BCUT2D eigenvalue weighted by atomic mass is 10.0. The molecule has 3 aromatic carbocycles. The summed E-state index contributed by atoms with van der Waals surface area (Å²) >= 11 is 0. The first-order chi connectivity index (χ1) is 14.2. The van der Waals surface area contributed by atoms with Crippen LogP contribution < -0.4 is 9.62 Å². The number of sulfonamides is 1. The van der Waals surface area contributed by atoms with Crippen LogP contribution in [0.4, 0.5) is 24.5 Å². The van der Waals surface area contributed by atoms with Crippen molar-refractivity contribution in [2.75, 3.05) is 16.2 Å². The van der Waals surface area contributed by atoms with Gasteiger partial charge in [-0.1, -0.05) is 42.5 Å². The fourth-order valence-electron chi connectivity index (χ4n) is 3.36. The topological polar surface area (TPSA) is 66.5 Å². The zero-order valence-electron chi connectivity index (χ0n) is 15.3. The number of amides is 1. The van der Waals surface area contributed by atoms with E-state index >= 15 is 0 Å². The number of para-hydroxylation sites is 1. The maximum Gasteiger partial charge on any atom is 0.416 e. The number of carbonyl (C=O) groups is 1. The van der Waals surface area contributed by atoms with Crippen LogP contribution in [0.1, 0.15) is 5.56 Å². The average Bonchev–Trinajstić information content (AvgIpc) is 2.71. The third-order valence-electron chi connectivity index (χ3n) is 4.68. The molecule has 30 heavy (non-hydrogen) atoms. The molecular formula is C21H15F3N2O3S. The molecule has 1 amide bonds. The molecule has 0 bridgehead atoms. The Morgan fingerprint density at radius 1 is 0.900 bits per heavy atom. The molecule has 0 fully saturated rings. The van der Waals surface area contributed by atoms with E-state index in [1.54, 1.807) is 42.5 Å². The van der Waals surface area contributed by atoms with Gasteiger partial charge >= 0.3 is 6.18 Å². The second-order valence-electron chi connectivity index (χ2n) is 6.65. The summed E-state index contributed by atoms with van der Waals surface area (Å²) in [5.41, 5.74) is 0.524. The van der Waals surface area contributed by atoms with Crippen molar-refractivity contribution in [3.05, 3.63) is 78.4 Å². The number of rotatable bonds is 3. The Bertz CT molecular complexity index is 1240. The first-order valence-electron chi connectivity index (χ1n) is 8.86. The predicted octanol–water partition coefficient (Wildman–Crippen LogP) is 4.52. The van der Waals surface area contributed by atoms with Crippen LogP contribution in [-0.2, 0) is 21.0 Å². The molecule has 3 aromatic rings. The van der Waals surface area contributed by atoms with E-state index in [0.29, 0.717) is 16.8 Å². The zero-order chi connectivity index (χ0) is 21.5. The molecule has 0 saturated heterocycles. The van der Waals surface area contributed by atoms with Crippen molar-refractivity contribution < 1.29 is 26.4 Å². The van der Waals surface area contributed by atoms with E-state index in [0.717, 1.165) is 16.4 Å². The summed E-state index contributed by atoms with van der Waals surface area (Å²) in [7, 11) is -4.02. The lowest BCUT2D eigenvalue weighted by Gasteiger charge is -2.31. The van der Waals surface area contributed by atoms with Crippen molar-refractivity contribution in [1.29, 1.82) is 0 Å². The lowest BCUT2D eigenvalue weighted by Crippen LogP contribution is -2.40. The Kier molecular flexibility index (Phi) is 4.77. The number of halogens is 3. The normalized spacial score (nSPS) is 14.6. The number of fused-ring (bicyclic) bond motifs is 3. The van der Waals surface area contributed by atoms with Gasteiger partial charge in [0.25, 0.3) is 10.0 Å². The Morgan fingerprint density at radius 2 is 1.57 bits per heavy atom. The van der Waals surface area contributed by atoms with Crippen LogP contribution in [0.25, 0.3) is 11.1 Å². The van der Waals surface area contributed by atoms with E-state index in [9.17, 15) is 26.4 Å². The molecule has 0 atom stereocenters. The van der Waals surface area contributed by atoms with Crippen molar-refractivity contribution in [3.8, 4) is 11.1 Å². The minimum absolute atomic E-state index is 0.0653. The van der Waals surface area contributed by atoms with Gasteiger partial charge in [0, 0.05) is 16.8 Å². The molecule has 1 aliphatic rings. The van der Waals surface area contributed by atoms with Gasteiger partial charge in [0.05, 0.1) is 16.1 Å². The number of hydrogen-bond acceptors (Lipinski definition) is 3. The molecule has 0 unspecified atom stereocenters. The summed E-state index contributed by atoms with van der Waals surface area (Å²) in [6.45, 7) is -0.579. The van der Waals surface area contributed by atoms with Crippen molar-refractivity contribution in [2.45, 2.75) is 11.1 Å². The van der Waals surface area contributed by atoms with Crippen LogP contribution >= 0.6 is 0 Å². The number of anilines is 2. The standard InChI is InChI=1S/C21H15F3N2O3S/c22-21(23,24)14-6-5-7-15(12-14)25-20(27)13-26-18-10-3-1-8-16(18)17-9-2-4-11-19(17)30(26,28)29/h1-12H,13H2,(H,25,27). The SMILES string of the molecule is O=C(CN1c2ccccc2-c2ccccc2S1(=O)=O)Nc1cccc(C(F)(F)F)c1. The monoisotopic (exact) mass is 432 g/mol. The summed E-state index contributed by atoms with van der Waals surface area (Å²) in [6.07, 6.45) is -4.56. The second kappa shape index (κ2) is 7.17. The molecular weight excluding hydrogens is 417 g/mol. The fourth-order valence-corrected chi connectivity index (χ4v) is 5.00. The van der Waals surface area contributed by atoms with Crippen molar-refractivity contribution >= 4 is 27.3 Å². The van der Waals surface area contributed by atoms with Crippen molar-refractivity contribution in [2.24, 2.45) is 0 Å². The van der Waals surface area contributed by atoms with E-state index < -0.39 is 34.2 Å². The predicted molar refractivity (Wildman–Crippen MR) is 106 cm³/mol. The maximum absolute atomic E-state index is 13.1. The van der Waals surface area contributed by atoms with Gasteiger partial charge in [-0.05, 0) is 30.3 Å². The van der Waals surface area contributed by atoms with Crippen molar-refractivity contribution in [1.82, 2.24) is 0 Å². The molecule has 9 heteroatoms. The lowest BCUT2D eigenvalue weighted by molar-refractivity contribution is -0.137. The van der Waals surface area contributed by atoms with Crippen LogP contribution in [0.15, 0.2) is 77.7 Å². The molecule has 1 N–H and O–H groups in total. The third-order valence-corrected chi connectivity index (χ3v) is 6.50. The molecule has 4 rings (SSSR count). The summed E-state index contributed by atoms with van der Waals surface area (Å²) in [4.78, 5) is 12.6. The third kappa shape index (κ3) is 3.52. The average molecular weight is 432 g/mol. The van der Waals surface area contributed by atoms with Crippen molar-refractivity contribution in [3.63, 3.8) is 0 Å². The van der Waals surface area contributed by atoms with E-state index in [1.165, 1.54) is 18.2 Å². The molecule has 0 radical (unpaired) electrons. The number of nitrogens with one attached hydrogen (secondary N) is 1. The summed E-state index contributed by atoms with van der Waals surface area (Å²) in [5.74, 6) is -0.757. The highest BCUT2D eigenvalue weighted by Crippen LogP contribution is 2.42. The Morgan fingerprint density at radius 3 is 2.30 bits per heavy atom. The summed E-state index contributed by atoms with van der Waals surface area (Å²) in [5, 5.41) is 2.35. The smallest absolute Gasteiger partial charge is 0.325 e. The number of nitrogens with zero attached hydrogens (tertiary/aromatic N) is 1. The van der Waals surface area contributed by atoms with Crippen LogP contribution in [0.3, 0.4) is 0 Å². The number of alkyl halides is 3. The van der Waals surface area contributed by atoms with E-state index in [4.69, 9.17) is 0 Å². The molecule has 0 aliphatic carbocycles. The molecule has 0 spiro atoms. The van der Waals surface area contributed by atoms with Gasteiger partial charge in [0.1, 0.15) is 6.54 Å². The number of carbonyl (C=O) groups excluding carboxylic acids is 1.